The van der Waals surface area contributed by atoms with Gasteiger partial charge in [-0.2, -0.15) is 0 Å². The average Bonchev–Trinajstić information content (AvgIpc) is 2.86. The number of nitrogens with one attached hydrogen (secondary N) is 2. The second kappa shape index (κ2) is 11.5. The van der Waals surface area contributed by atoms with Gasteiger partial charge in [0.1, 0.15) is 0 Å². The molecular weight excluding hydrogens is 450 g/mol. The second-order valence-electron chi connectivity index (χ2n) is 9.33. The van der Waals surface area contributed by atoms with Crippen LogP contribution in [0.5, 0.6) is 0 Å². The van der Waals surface area contributed by atoms with E-state index in [1.807, 2.05) is 30.3 Å². The summed E-state index contributed by atoms with van der Waals surface area (Å²) in [5.74, 6) is -0.595. The summed E-state index contributed by atoms with van der Waals surface area (Å²) in [5, 5.41) is 6.37. The third-order valence-electron chi connectivity index (χ3n) is 6.76. The smallest absolute Gasteiger partial charge is 0.253 e. The van der Waals surface area contributed by atoms with Crippen molar-refractivity contribution in [3.8, 4) is 0 Å². The molecule has 0 radical (unpaired) electrons. The van der Waals surface area contributed by atoms with Crippen LogP contribution in [-0.2, 0) is 16.0 Å². The lowest BCUT2D eigenvalue weighted by Gasteiger charge is -2.32. The van der Waals surface area contributed by atoms with E-state index in [9.17, 15) is 14.4 Å². The van der Waals surface area contributed by atoms with Crippen molar-refractivity contribution >= 4 is 35.0 Å². The van der Waals surface area contributed by atoms with E-state index in [2.05, 4.69) is 10.6 Å². The van der Waals surface area contributed by atoms with Crippen molar-refractivity contribution in [2.75, 3.05) is 18.4 Å². The molecule has 1 saturated heterocycles. The van der Waals surface area contributed by atoms with E-state index in [1.165, 1.54) is 6.42 Å². The molecule has 2 aromatic carbocycles. The highest BCUT2D eigenvalue weighted by Crippen LogP contribution is 2.25. The Balaban J connectivity index is 1.35. The van der Waals surface area contributed by atoms with Crippen LogP contribution in [0, 0.1) is 5.92 Å². The fraction of sp³-hybridized carbons (Fsp3) is 0.444. The standard InChI is InChI=1S/C27H32ClN3O3/c28-24-14-13-22(17-23(24)27(34)29-21-11-5-2-6-12-21)30-26(33)20-10-7-15-31(18-20)25(32)16-19-8-3-1-4-9-19/h1,3-4,8-9,13-14,17,20-21H,2,5-7,10-12,15-16,18H2,(H,29,34)(H,30,33). The summed E-state index contributed by atoms with van der Waals surface area (Å²) in [5.41, 5.74) is 1.88. The van der Waals surface area contributed by atoms with E-state index < -0.39 is 0 Å². The number of halogens is 1. The number of anilines is 1. The van der Waals surface area contributed by atoms with E-state index >= 15 is 0 Å². The minimum Gasteiger partial charge on any atom is -0.349 e. The molecular formula is C27H32ClN3O3. The average molecular weight is 482 g/mol. The summed E-state index contributed by atoms with van der Waals surface area (Å²) in [7, 11) is 0. The molecule has 6 nitrogen and oxygen atoms in total. The van der Waals surface area contributed by atoms with Crippen molar-refractivity contribution in [2.24, 2.45) is 5.92 Å². The Labute approximate surface area is 206 Å². The maximum Gasteiger partial charge on any atom is 0.253 e. The number of piperidine rings is 1. The predicted octanol–water partition coefficient (Wildman–Crippen LogP) is 4.82. The number of amides is 3. The molecule has 0 bridgehead atoms. The van der Waals surface area contributed by atoms with E-state index in [0.717, 1.165) is 44.1 Å². The zero-order valence-corrected chi connectivity index (χ0v) is 20.2. The van der Waals surface area contributed by atoms with Gasteiger partial charge in [-0.05, 0) is 49.4 Å². The minimum atomic E-state index is -0.288. The number of carbonyl (C=O) groups excluding carboxylic acids is 3. The highest BCUT2D eigenvalue weighted by atomic mass is 35.5. The van der Waals surface area contributed by atoms with Crippen molar-refractivity contribution in [1.29, 1.82) is 0 Å². The summed E-state index contributed by atoms with van der Waals surface area (Å²) in [4.78, 5) is 40.3. The van der Waals surface area contributed by atoms with Crippen LogP contribution < -0.4 is 10.6 Å². The van der Waals surface area contributed by atoms with Gasteiger partial charge in [0.25, 0.3) is 5.91 Å². The molecule has 3 amide bonds. The lowest BCUT2D eigenvalue weighted by atomic mass is 9.95. The van der Waals surface area contributed by atoms with Gasteiger partial charge >= 0.3 is 0 Å². The molecule has 1 heterocycles. The molecule has 7 heteroatoms. The van der Waals surface area contributed by atoms with Gasteiger partial charge in [0, 0.05) is 24.8 Å². The van der Waals surface area contributed by atoms with Crippen LogP contribution in [0.3, 0.4) is 0 Å². The summed E-state index contributed by atoms with van der Waals surface area (Å²) < 4.78 is 0. The van der Waals surface area contributed by atoms with Gasteiger partial charge in [0.15, 0.2) is 0 Å². The van der Waals surface area contributed by atoms with Crippen LogP contribution >= 0.6 is 11.6 Å². The van der Waals surface area contributed by atoms with Crippen LogP contribution in [0.25, 0.3) is 0 Å². The zero-order valence-electron chi connectivity index (χ0n) is 19.4. The first-order chi connectivity index (χ1) is 16.5. The van der Waals surface area contributed by atoms with Crippen LogP contribution in [0.15, 0.2) is 48.5 Å². The molecule has 1 aliphatic carbocycles. The van der Waals surface area contributed by atoms with Gasteiger partial charge in [-0.3, -0.25) is 14.4 Å². The van der Waals surface area contributed by atoms with Crippen LogP contribution in [0.2, 0.25) is 5.02 Å². The normalized spacial score (nSPS) is 18.9. The Morgan fingerprint density at radius 3 is 2.47 bits per heavy atom. The van der Waals surface area contributed by atoms with Gasteiger partial charge < -0.3 is 15.5 Å². The van der Waals surface area contributed by atoms with Crippen molar-refractivity contribution in [3.05, 3.63) is 64.7 Å². The lowest BCUT2D eigenvalue weighted by molar-refractivity contribution is -0.133. The van der Waals surface area contributed by atoms with E-state index in [4.69, 9.17) is 11.6 Å². The number of rotatable bonds is 6. The van der Waals surface area contributed by atoms with Gasteiger partial charge in [0.05, 0.1) is 22.9 Å². The molecule has 4 rings (SSSR count). The van der Waals surface area contributed by atoms with Gasteiger partial charge in [0.2, 0.25) is 11.8 Å². The third kappa shape index (κ3) is 6.38. The molecule has 2 aliphatic rings. The first kappa shape index (κ1) is 24.3. The molecule has 0 spiro atoms. The predicted molar refractivity (Wildman–Crippen MR) is 134 cm³/mol. The van der Waals surface area contributed by atoms with E-state index in [-0.39, 0.29) is 29.7 Å². The van der Waals surface area contributed by atoms with Gasteiger partial charge in [-0.15, -0.1) is 0 Å². The molecule has 1 unspecified atom stereocenters. The lowest BCUT2D eigenvalue weighted by Crippen LogP contribution is -2.44. The Morgan fingerprint density at radius 1 is 0.941 bits per heavy atom. The topological polar surface area (TPSA) is 78.5 Å². The minimum absolute atomic E-state index is 0.0388. The van der Waals surface area contributed by atoms with Crippen LogP contribution in [0.4, 0.5) is 5.69 Å². The Hall–Kier alpha value is -2.86. The highest BCUT2D eigenvalue weighted by Gasteiger charge is 2.29. The van der Waals surface area contributed by atoms with Crippen LogP contribution in [0.1, 0.15) is 60.9 Å². The Kier molecular flexibility index (Phi) is 8.22. The summed E-state index contributed by atoms with van der Waals surface area (Å²) in [6.07, 6.45) is 7.29. The van der Waals surface area contributed by atoms with Crippen molar-refractivity contribution in [3.63, 3.8) is 0 Å². The SMILES string of the molecule is O=C(NC1CCCCC1)c1cc(NC(=O)C2CCCN(C(=O)Cc3ccccc3)C2)ccc1Cl. The van der Waals surface area contributed by atoms with Crippen molar-refractivity contribution in [2.45, 2.75) is 57.4 Å². The van der Waals surface area contributed by atoms with Crippen LogP contribution in [-0.4, -0.2) is 41.8 Å². The van der Waals surface area contributed by atoms with Gasteiger partial charge in [-0.1, -0.05) is 61.2 Å². The van der Waals surface area contributed by atoms with Crippen molar-refractivity contribution in [1.82, 2.24) is 10.2 Å². The highest BCUT2D eigenvalue weighted by molar-refractivity contribution is 6.34. The maximum atomic E-state index is 13.0. The molecule has 180 valence electrons. The molecule has 34 heavy (non-hydrogen) atoms. The molecule has 2 N–H and O–H groups in total. The largest absolute Gasteiger partial charge is 0.349 e. The van der Waals surface area contributed by atoms with Gasteiger partial charge in [-0.25, -0.2) is 0 Å². The molecule has 1 aliphatic heterocycles. The fourth-order valence-corrected chi connectivity index (χ4v) is 5.03. The quantitative estimate of drug-likeness (QED) is 0.620. The number of carbonyl (C=O) groups is 3. The number of hydrogen-bond donors (Lipinski definition) is 2. The summed E-state index contributed by atoms with van der Waals surface area (Å²) in [6, 6.07) is 14.8. The second-order valence-corrected chi connectivity index (χ2v) is 9.74. The van der Waals surface area contributed by atoms with E-state index in [0.29, 0.717) is 35.8 Å². The summed E-state index contributed by atoms with van der Waals surface area (Å²) >= 11 is 6.30. The monoisotopic (exact) mass is 481 g/mol. The fourth-order valence-electron chi connectivity index (χ4n) is 4.83. The first-order valence-electron chi connectivity index (χ1n) is 12.2. The molecule has 1 saturated carbocycles. The zero-order chi connectivity index (χ0) is 23.9. The molecule has 1 atom stereocenters. The number of benzene rings is 2. The molecule has 2 aromatic rings. The van der Waals surface area contributed by atoms with E-state index in [1.54, 1.807) is 23.1 Å². The summed E-state index contributed by atoms with van der Waals surface area (Å²) in [6.45, 7) is 1.07. The Bertz CT molecular complexity index is 1020. The number of nitrogens with zero attached hydrogens (tertiary/aromatic N) is 1. The van der Waals surface area contributed by atoms with Crippen molar-refractivity contribution < 1.29 is 14.4 Å². The number of hydrogen-bond acceptors (Lipinski definition) is 3. The Morgan fingerprint density at radius 2 is 1.71 bits per heavy atom. The molecule has 2 fully saturated rings. The molecule has 0 aromatic heterocycles. The number of likely N-dealkylation sites (tertiary alicyclic amines) is 1. The maximum absolute atomic E-state index is 13.0. The first-order valence-corrected chi connectivity index (χ1v) is 12.6. The third-order valence-corrected chi connectivity index (χ3v) is 7.09.